The number of aliphatic hydroxyl groups excluding tert-OH is 1. The Labute approximate surface area is 109 Å². The Kier molecular flexibility index (Phi) is 5.02. The van der Waals surface area contributed by atoms with Crippen molar-refractivity contribution in [3.05, 3.63) is 29.8 Å². The van der Waals surface area contributed by atoms with Gasteiger partial charge in [-0.1, -0.05) is 31.5 Å². The zero-order valence-electron chi connectivity index (χ0n) is 11.1. The number of anilines is 1. The van der Waals surface area contributed by atoms with Gasteiger partial charge >= 0.3 is 0 Å². The van der Waals surface area contributed by atoms with Gasteiger partial charge in [-0.15, -0.1) is 0 Å². The molecular formula is C15H23NO2. The Bertz CT molecular complexity index is 365. The van der Waals surface area contributed by atoms with Gasteiger partial charge in [0.15, 0.2) is 0 Å². The fourth-order valence-electron chi connectivity index (χ4n) is 2.55. The average Bonchev–Trinajstić information content (AvgIpc) is 2.40. The van der Waals surface area contributed by atoms with Gasteiger partial charge in [-0.2, -0.15) is 0 Å². The van der Waals surface area contributed by atoms with Crippen LogP contribution in [0.25, 0.3) is 0 Å². The molecule has 0 spiro atoms. The lowest BCUT2D eigenvalue weighted by molar-refractivity contribution is 0.00596. The Morgan fingerprint density at radius 2 is 2.22 bits per heavy atom. The first-order valence-electron chi connectivity index (χ1n) is 6.90. The van der Waals surface area contributed by atoms with Crippen LogP contribution in [0.5, 0.6) is 0 Å². The number of para-hydroxylation sites is 1. The van der Waals surface area contributed by atoms with Crippen LogP contribution < -0.4 is 5.32 Å². The van der Waals surface area contributed by atoms with Gasteiger partial charge < -0.3 is 15.2 Å². The monoisotopic (exact) mass is 249 g/mol. The summed E-state index contributed by atoms with van der Waals surface area (Å²) in [6.45, 7) is 3.12. The molecule has 2 unspecified atom stereocenters. The molecule has 0 bridgehead atoms. The first-order valence-corrected chi connectivity index (χ1v) is 6.90. The lowest BCUT2D eigenvalue weighted by Gasteiger charge is -2.31. The van der Waals surface area contributed by atoms with Crippen LogP contribution in [-0.4, -0.2) is 23.9 Å². The maximum atomic E-state index is 9.32. The lowest BCUT2D eigenvalue weighted by atomic mass is 9.99. The third-order valence-electron chi connectivity index (χ3n) is 3.53. The van der Waals surface area contributed by atoms with Gasteiger partial charge in [-0.25, -0.2) is 0 Å². The summed E-state index contributed by atoms with van der Waals surface area (Å²) in [6, 6.07) is 8.43. The highest BCUT2D eigenvalue weighted by Crippen LogP contribution is 2.23. The summed E-state index contributed by atoms with van der Waals surface area (Å²) in [5, 5.41) is 12.9. The topological polar surface area (TPSA) is 41.5 Å². The average molecular weight is 249 g/mol. The highest BCUT2D eigenvalue weighted by Gasteiger charge is 2.22. The quantitative estimate of drug-likeness (QED) is 0.843. The normalized spacial score (nSPS) is 23.9. The molecule has 0 aliphatic carbocycles. The molecule has 100 valence electrons. The molecule has 2 rings (SSSR count). The zero-order valence-corrected chi connectivity index (χ0v) is 11.1. The second-order valence-electron chi connectivity index (χ2n) is 4.96. The van der Waals surface area contributed by atoms with Crippen molar-refractivity contribution in [1.29, 1.82) is 0 Å². The van der Waals surface area contributed by atoms with Gasteiger partial charge in [-0.3, -0.25) is 0 Å². The molecule has 0 amide bonds. The van der Waals surface area contributed by atoms with E-state index in [-0.39, 0.29) is 6.61 Å². The number of hydrogen-bond donors (Lipinski definition) is 2. The molecule has 1 heterocycles. The molecule has 1 aliphatic heterocycles. The Hall–Kier alpha value is -1.06. The minimum absolute atomic E-state index is 0.0881. The molecule has 0 aromatic heterocycles. The number of benzene rings is 1. The summed E-state index contributed by atoms with van der Waals surface area (Å²) in [5.74, 6) is 0. The largest absolute Gasteiger partial charge is 0.392 e. The fourth-order valence-corrected chi connectivity index (χ4v) is 2.55. The molecule has 0 radical (unpaired) electrons. The molecule has 2 atom stereocenters. The molecule has 3 heteroatoms. The number of ether oxygens (including phenoxy) is 1. The number of aliphatic hydroxyl groups is 1. The van der Waals surface area contributed by atoms with Crippen LogP contribution in [0.15, 0.2) is 24.3 Å². The van der Waals surface area contributed by atoms with Gasteiger partial charge in [-0.05, 0) is 25.3 Å². The second kappa shape index (κ2) is 6.76. The summed E-state index contributed by atoms with van der Waals surface area (Å²) >= 11 is 0. The van der Waals surface area contributed by atoms with Crippen LogP contribution >= 0.6 is 0 Å². The highest BCUT2D eigenvalue weighted by molar-refractivity contribution is 5.51. The van der Waals surface area contributed by atoms with Gasteiger partial charge in [0.1, 0.15) is 0 Å². The Morgan fingerprint density at radius 3 is 3.00 bits per heavy atom. The summed E-state index contributed by atoms with van der Waals surface area (Å²) in [6.07, 6.45) is 4.81. The van der Waals surface area contributed by atoms with E-state index < -0.39 is 0 Å². The first kappa shape index (κ1) is 13.4. The first-order chi connectivity index (χ1) is 8.83. The van der Waals surface area contributed by atoms with Crippen LogP contribution in [0, 0.1) is 0 Å². The highest BCUT2D eigenvalue weighted by atomic mass is 16.5. The van der Waals surface area contributed by atoms with Gasteiger partial charge in [0.2, 0.25) is 0 Å². The molecule has 3 nitrogen and oxygen atoms in total. The maximum Gasteiger partial charge on any atom is 0.0701 e. The maximum absolute atomic E-state index is 9.32. The molecule has 1 aliphatic rings. The van der Waals surface area contributed by atoms with E-state index in [2.05, 4.69) is 12.2 Å². The predicted molar refractivity (Wildman–Crippen MR) is 73.7 cm³/mol. The Morgan fingerprint density at radius 1 is 1.39 bits per heavy atom. The second-order valence-corrected chi connectivity index (χ2v) is 4.96. The number of nitrogens with one attached hydrogen (secondary N) is 1. The minimum atomic E-state index is 0.0881. The molecule has 2 N–H and O–H groups in total. The molecule has 18 heavy (non-hydrogen) atoms. The van der Waals surface area contributed by atoms with E-state index in [9.17, 15) is 5.11 Å². The smallest absolute Gasteiger partial charge is 0.0701 e. The SMILES string of the molecule is CCCC1CC(Nc2ccccc2CO)CCO1. The predicted octanol–water partition coefficient (Wildman–Crippen LogP) is 2.94. The molecule has 1 fully saturated rings. The number of rotatable bonds is 5. The molecule has 1 aromatic carbocycles. The summed E-state index contributed by atoms with van der Waals surface area (Å²) < 4.78 is 5.75. The summed E-state index contributed by atoms with van der Waals surface area (Å²) in [7, 11) is 0. The third-order valence-corrected chi connectivity index (χ3v) is 3.53. The van der Waals surface area contributed by atoms with Crippen LogP contribution in [0.3, 0.4) is 0 Å². The van der Waals surface area contributed by atoms with E-state index in [0.717, 1.165) is 37.1 Å². The van der Waals surface area contributed by atoms with Gasteiger partial charge in [0, 0.05) is 23.9 Å². The summed E-state index contributed by atoms with van der Waals surface area (Å²) in [4.78, 5) is 0. The van der Waals surface area contributed by atoms with Crippen molar-refractivity contribution >= 4 is 5.69 Å². The van der Waals surface area contributed by atoms with E-state index in [0.29, 0.717) is 12.1 Å². The minimum Gasteiger partial charge on any atom is -0.392 e. The van der Waals surface area contributed by atoms with Gasteiger partial charge in [0.25, 0.3) is 0 Å². The molecule has 1 aromatic rings. The number of hydrogen-bond acceptors (Lipinski definition) is 3. The van der Waals surface area contributed by atoms with E-state index in [1.165, 1.54) is 6.42 Å². The standard InChI is InChI=1S/C15H23NO2/c1-2-5-14-10-13(8-9-18-14)16-15-7-4-3-6-12(15)11-17/h3-4,6-7,13-14,16-17H,2,5,8-11H2,1H3. The van der Waals surface area contributed by atoms with Crippen LogP contribution in [0.2, 0.25) is 0 Å². The Balaban J connectivity index is 1.96. The van der Waals surface area contributed by atoms with Gasteiger partial charge in [0.05, 0.1) is 12.7 Å². The lowest BCUT2D eigenvalue weighted by Crippen LogP contribution is -2.34. The molecule has 1 saturated heterocycles. The van der Waals surface area contributed by atoms with Crippen LogP contribution in [0.1, 0.15) is 38.2 Å². The van der Waals surface area contributed by atoms with Crippen molar-refractivity contribution in [3.8, 4) is 0 Å². The van der Waals surface area contributed by atoms with Crippen molar-refractivity contribution in [2.24, 2.45) is 0 Å². The van der Waals surface area contributed by atoms with E-state index in [1.807, 2.05) is 24.3 Å². The fraction of sp³-hybridized carbons (Fsp3) is 0.600. The van der Waals surface area contributed by atoms with Crippen LogP contribution in [0.4, 0.5) is 5.69 Å². The van der Waals surface area contributed by atoms with Crippen molar-refractivity contribution in [2.75, 3.05) is 11.9 Å². The molecule has 0 saturated carbocycles. The van der Waals surface area contributed by atoms with Crippen molar-refractivity contribution in [1.82, 2.24) is 0 Å². The third kappa shape index (κ3) is 3.47. The van der Waals surface area contributed by atoms with E-state index >= 15 is 0 Å². The van der Waals surface area contributed by atoms with Crippen molar-refractivity contribution < 1.29 is 9.84 Å². The molecular weight excluding hydrogens is 226 g/mol. The van der Waals surface area contributed by atoms with E-state index in [4.69, 9.17) is 4.74 Å². The van der Waals surface area contributed by atoms with Crippen molar-refractivity contribution in [2.45, 2.75) is 51.4 Å². The van der Waals surface area contributed by atoms with E-state index in [1.54, 1.807) is 0 Å². The summed E-state index contributed by atoms with van der Waals surface area (Å²) in [5.41, 5.74) is 2.03. The zero-order chi connectivity index (χ0) is 12.8. The van der Waals surface area contributed by atoms with Crippen molar-refractivity contribution in [3.63, 3.8) is 0 Å². The van der Waals surface area contributed by atoms with Crippen LogP contribution in [-0.2, 0) is 11.3 Å².